The molecule has 1 aromatic rings. The SMILES string of the molecule is CCCCC[C@H](CCN)CCCCC1[OH+][C-](CCc2ccc(O)c(OC[C@H](O)C3=C[C+]4C(=N3)[C@H]3C=C[C@@]5(CCC[C@H]5C3)[C@H]4CNC[C@H](C)O)c2)C=C1CO. The Kier molecular flexibility index (Phi) is 14.7. The van der Waals surface area contributed by atoms with Crippen LogP contribution in [0.4, 0.5) is 0 Å². The summed E-state index contributed by atoms with van der Waals surface area (Å²) in [7, 11) is 0. The maximum Gasteiger partial charge on any atom is 0.208 e. The summed E-state index contributed by atoms with van der Waals surface area (Å²) < 4.78 is 11.1. The fourth-order valence-corrected chi connectivity index (χ4v) is 10.0. The Hall–Kier alpha value is -2.79. The molecule has 0 amide bonds. The first kappa shape index (κ1) is 40.9. The summed E-state index contributed by atoms with van der Waals surface area (Å²) in [5, 5.41) is 45.6. The number of aliphatic imine (C=N–C) groups is 1. The number of hydrogen-bond donors (Lipinski definition) is 6. The largest absolute Gasteiger partial charge is 0.504 e. The summed E-state index contributed by atoms with van der Waals surface area (Å²) in [6.45, 7) is 6.15. The van der Waals surface area contributed by atoms with Crippen molar-refractivity contribution in [1.29, 1.82) is 0 Å². The van der Waals surface area contributed by atoms with Gasteiger partial charge in [0.15, 0.2) is 23.3 Å². The van der Waals surface area contributed by atoms with Crippen LogP contribution in [-0.2, 0) is 6.42 Å². The molecule has 2 heterocycles. The first-order chi connectivity index (χ1) is 26.2. The van der Waals surface area contributed by atoms with Crippen molar-refractivity contribution in [3.05, 3.63) is 71.4 Å². The van der Waals surface area contributed by atoms with Crippen molar-refractivity contribution < 1.29 is 29.9 Å². The number of aliphatic hydroxyl groups is 5. The van der Waals surface area contributed by atoms with Crippen LogP contribution in [0.1, 0.15) is 109 Å². The molecule has 0 saturated heterocycles. The molecule has 2 saturated carbocycles. The summed E-state index contributed by atoms with van der Waals surface area (Å²) in [6.07, 6.45) is 25.6. The number of nitrogens with one attached hydrogen (secondary N) is 1. The van der Waals surface area contributed by atoms with Crippen molar-refractivity contribution in [2.45, 2.75) is 128 Å². The zero-order valence-electron chi connectivity index (χ0n) is 32.9. The van der Waals surface area contributed by atoms with Gasteiger partial charge in [-0.15, -0.1) is 16.6 Å². The number of hydrogen-bond acceptors (Lipinski definition) is 8. The molecule has 1 spiro atoms. The van der Waals surface area contributed by atoms with Crippen LogP contribution in [0.3, 0.4) is 0 Å². The van der Waals surface area contributed by atoms with Crippen molar-refractivity contribution in [3.63, 3.8) is 0 Å². The summed E-state index contributed by atoms with van der Waals surface area (Å²) >= 11 is 0. The quantitative estimate of drug-likeness (QED) is 0.0328. The van der Waals surface area contributed by atoms with E-state index in [1.807, 2.05) is 19.1 Å². The summed E-state index contributed by atoms with van der Waals surface area (Å²) in [5.41, 5.74) is 9.69. The molecule has 1 unspecified atom stereocenters. The Morgan fingerprint density at radius 2 is 2.00 bits per heavy atom. The van der Waals surface area contributed by atoms with E-state index in [4.69, 9.17) is 20.2 Å². The minimum atomic E-state index is -0.940. The molecule has 6 aliphatic rings. The minimum absolute atomic E-state index is 0.0190. The number of unbranched alkanes of at least 4 members (excludes halogenated alkanes) is 3. The Bertz CT molecular complexity index is 1490. The smallest absolute Gasteiger partial charge is 0.208 e. The van der Waals surface area contributed by atoms with Gasteiger partial charge in [0.05, 0.1) is 18.1 Å². The molecule has 298 valence electrons. The highest BCUT2D eigenvalue weighted by Gasteiger charge is 2.60. The molecule has 2 fully saturated rings. The molecule has 9 heteroatoms. The van der Waals surface area contributed by atoms with Crippen LogP contribution in [0.5, 0.6) is 11.5 Å². The lowest BCUT2D eigenvalue weighted by atomic mass is 9.63. The topological polar surface area (TPSA) is 153 Å². The van der Waals surface area contributed by atoms with E-state index in [1.54, 1.807) is 6.07 Å². The molecule has 2 aliphatic heterocycles. The Balaban J connectivity index is 0.999. The van der Waals surface area contributed by atoms with Gasteiger partial charge in [0.2, 0.25) is 5.70 Å². The zero-order chi connectivity index (χ0) is 38.1. The van der Waals surface area contributed by atoms with E-state index in [-0.39, 0.29) is 42.3 Å². The molecule has 8 N–H and O–H groups in total. The van der Waals surface area contributed by atoms with Gasteiger partial charge in [-0.2, -0.15) is 0 Å². The van der Waals surface area contributed by atoms with Crippen LogP contribution in [-0.4, -0.2) is 82.0 Å². The molecule has 4 aliphatic carbocycles. The van der Waals surface area contributed by atoms with Gasteiger partial charge >= 0.3 is 0 Å². The van der Waals surface area contributed by atoms with Gasteiger partial charge in [0.25, 0.3) is 0 Å². The second-order valence-corrected chi connectivity index (χ2v) is 16.9. The fraction of sp³-hybridized carbons (Fsp3) is 0.667. The van der Waals surface area contributed by atoms with Crippen LogP contribution in [0.25, 0.3) is 0 Å². The van der Waals surface area contributed by atoms with Crippen LogP contribution in [0, 0.1) is 41.1 Å². The highest BCUT2D eigenvalue weighted by Crippen LogP contribution is 2.61. The Morgan fingerprint density at radius 1 is 1.17 bits per heavy atom. The van der Waals surface area contributed by atoms with Crippen LogP contribution < -0.4 is 15.8 Å². The molecule has 0 radical (unpaired) electrons. The minimum Gasteiger partial charge on any atom is -0.504 e. The van der Waals surface area contributed by atoms with E-state index in [9.17, 15) is 20.4 Å². The number of nitrogens with two attached hydrogens (primary N) is 1. The number of allylic oxidation sites excluding steroid dienone is 3. The first-order valence-electron chi connectivity index (χ1n) is 21.2. The number of aromatic hydroxyl groups is 1. The highest BCUT2D eigenvalue weighted by molar-refractivity contribution is 6.06. The van der Waals surface area contributed by atoms with E-state index in [1.165, 1.54) is 57.3 Å². The second-order valence-electron chi connectivity index (χ2n) is 16.9. The zero-order valence-corrected chi connectivity index (χ0v) is 32.9. The monoisotopic (exact) mass is 747 g/mol. The van der Waals surface area contributed by atoms with Crippen molar-refractivity contribution in [3.8, 4) is 11.5 Å². The predicted octanol–water partition coefficient (Wildman–Crippen LogP) is 6.41. The molecule has 2 bridgehead atoms. The third-order valence-electron chi connectivity index (χ3n) is 13.0. The van der Waals surface area contributed by atoms with Gasteiger partial charge in [-0.05, 0) is 87.9 Å². The molecule has 9 nitrogen and oxygen atoms in total. The second kappa shape index (κ2) is 19.4. The van der Waals surface area contributed by atoms with Crippen molar-refractivity contribution >= 4 is 5.71 Å². The average Bonchev–Trinajstić information content (AvgIpc) is 3.88. The number of phenols is 1. The summed E-state index contributed by atoms with van der Waals surface area (Å²) in [6, 6.07) is 5.41. The molecule has 0 aromatic heterocycles. The number of ether oxygens (including phenoxy) is 2. The molecular formula is C45H68N3O6+. The number of benzene rings is 1. The highest BCUT2D eigenvalue weighted by atomic mass is 16.5. The van der Waals surface area contributed by atoms with E-state index in [2.05, 4.69) is 36.5 Å². The maximum atomic E-state index is 11.4. The van der Waals surface area contributed by atoms with Crippen molar-refractivity contribution in [2.75, 3.05) is 32.8 Å². The first-order valence-corrected chi connectivity index (χ1v) is 21.2. The molecular weight excluding hydrogens is 679 g/mol. The van der Waals surface area contributed by atoms with Crippen LogP contribution in [0.2, 0.25) is 0 Å². The van der Waals surface area contributed by atoms with E-state index < -0.39 is 12.2 Å². The number of aliphatic hydroxyl groups excluding tert-OH is 3. The number of nitrogens with zero attached hydrogens (tertiary/aromatic N) is 1. The standard InChI is InChI=1S/C45H67N3O6/c1-3-4-5-9-31(18-21-46)10-6-7-12-42-34(28-49)24-36(54-42)15-13-32-14-16-40(51)43(22-32)53-29-41(52)39-25-37-38(27-47-26-30(2)50)45-19-8-11-35(45)23-33(17-20-45)44(37)48-39/h14,16-17,20,22,24-25,30-31,33,35,38,41-42,47,49-50,52,54H,3-13,15,18-19,21,23,26-29,46H2,1-2H3/p+1/t30-,31-,33-,35-,38-,41-,42?,45+/m0/s1. The molecule has 7 rings (SSSR count). The molecule has 8 atom stereocenters. The third kappa shape index (κ3) is 9.77. The lowest BCUT2D eigenvalue weighted by Gasteiger charge is -2.39. The maximum absolute atomic E-state index is 11.4. The summed E-state index contributed by atoms with van der Waals surface area (Å²) in [5.74, 6) is 3.44. The molecule has 54 heavy (non-hydrogen) atoms. The van der Waals surface area contributed by atoms with Gasteiger partial charge < -0.3 is 41.0 Å². The average molecular weight is 747 g/mol. The normalized spacial score (nSPS) is 27.3. The van der Waals surface area contributed by atoms with Gasteiger partial charge in [-0.1, -0.05) is 70.1 Å². The number of rotatable bonds is 23. The summed E-state index contributed by atoms with van der Waals surface area (Å²) in [4.78, 5) is 5.04. The van der Waals surface area contributed by atoms with Crippen LogP contribution in [0.15, 0.2) is 58.8 Å². The number of aryl methyl sites for hydroxylation is 1. The predicted molar refractivity (Wildman–Crippen MR) is 216 cm³/mol. The Labute approximate surface area is 324 Å². The van der Waals surface area contributed by atoms with Crippen molar-refractivity contribution in [1.82, 2.24) is 5.32 Å². The van der Waals surface area contributed by atoms with E-state index >= 15 is 0 Å². The van der Waals surface area contributed by atoms with Gasteiger partial charge in [0, 0.05) is 37.5 Å². The third-order valence-corrected chi connectivity index (χ3v) is 13.0. The Morgan fingerprint density at radius 3 is 2.78 bits per heavy atom. The number of phenolic OH excluding ortho intramolecular Hbond substituents is 1. The fourth-order valence-electron chi connectivity index (χ4n) is 10.0. The van der Waals surface area contributed by atoms with Crippen molar-refractivity contribution in [2.24, 2.45) is 39.8 Å². The molecule has 1 aromatic carbocycles. The van der Waals surface area contributed by atoms with Crippen LogP contribution >= 0.6 is 0 Å². The lowest BCUT2D eigenvalue weighted by Crippen LogP contribution is -2.42. The van der Waals surface area contributed by atoms with Gasteiger partial charge in [-0.25, -0.2) is 0 Å². The van der Waals surface area contributed by atoms with Gasteiger partial charge in [0.1, 0.15) is 24.7 Å². The van der Waals surface area contributed by atoms with E-state index in [0.29, 0.717) is 23.9 Å². The lowest BCUT2D eigenvalue weighted by molar-refractivity contribution is -0.0553. The van der Waals surface area contributed by atoms with E-state index in [0.717, 1.165) is 86.9 Å². The van der Waals surface area contributed by atoms with Gasteiger partial charge in [-0.3, -0.25) is 0 Å².